The van der Waals surface area contributed by atoms with E-state index < -0.39 is 0 Å². The highest BCUT2D eigenvalue weighted by Crippen LogP contribution is 2.50. The van der Waals surface area contributed by atoms with Crippen LogP contribution in [0, 0.1) is 0 Å². The summed E-state index contributed by atoms with van der Waals surface area (Å²) < 4.78 is 0. The van der Waals surface area contributed by atoms with Crippen LogP contribution in [-0.2, 0) is 6.54 Å². The van der Waals surface area contributed by atoms with Gasteiger partial charge < -0.3 is 4.90 Å². The molecule has 3 heteroatoms. The van der Waals surface area contributed by atoms with Crippen LogP contribution >= 0.6 is 11.6 Å². The number of nitrogens with zero attached hydrogens (tertiary/aromatic N) is 2. The van der Waals surface area contributed by atoms with Crippen LogP contribution in [-0.4, -0.2) is 24.5 Å². The molecule has 0 radical (unpaired) electrons. The van der Waals surface area contributed by atoms with Gasteiger partial charge in [0.25, 0.3) is 0 Å². The highest BCUT2D eigenvalue weighted by Gasteiger charge is 2.38. The Labute approximate surface area is 161 Å². The molecule has 1 aliphatic carbocycles. The van der Waals surface area contributed by atoms with E-state index in [0.717, 1.165) is 17.5 Å². The van der Waals surface area contributed by atoms with Gasteiger partial charge in [0, 0.05) is 36.4 Å². The lowest BCUT2D eigenvalue weighted by molar-refractivity contribution is 0.145. The molecule has 2 aromatic carbocycles. The number of piperidine rings is 2. The number of fused-ring (bicyclic) bond motifs is 5. The molecule has 2 heterocycles. The molecule has 5 rings (SSSR count). The molecule has 0 N–H and O–H groups in total. The topological polar surface area (TPSA) is 6.48 Å². The van der Waals surface area contributed by atoms with Crippen LogP contribution in [0.1, 0.15) is 60.8 Å². The fourth-order valence-corrected chi connectivity index (χ4v) is 5.46. The zero-order valence-corrected chi connectivity index (χ0v) is 16.1. The summed E-state index contributed by atoms with van der Waals surface area (Å²) in [5.41, 5.74) is 5.98. The third-order valence-electron chi connectivity index (χ3n) is 6.58. The number of hydrogen-bond donors (Lipinski definition) is 0. The summed E-state index contributed by atoms with van der Waals surface area (Å²) in [6, 6.07) is 16.3. The van der Waals surface area contributed by atoms with E-state index in [1.54, 1.807) is 11.1 Å². The molecule has 2 fully saturated rings. The van der Waals surface area contributed by atoms with Crippen LogP contribution in [0.2, 0.25) is 5.02 Å². The van der Waals surface area contributed by atoms with E-state index in [0.29, 0.717) is 6.04 Å². The van der Waals surface area contributed by atoms with E-state index in [2.05, 4.69) is 46.2 Å². The van der Waals surface area contributed by atoms with E-state index >= 15 is 0 Å². The van der Waals surface area contributed by atoms with Gasteiger partial charge in [-0.2, -0.15) is 0 Å². The Kier molecular flexibility index (Phi) is 4.42. The Hall–Kier alpha value is -1.51. The number of rotatable bonds is 3. The molecular weight excluding hydrogens is 340 g/mol. The van der Waals surface area contributed by atoms with Crippen molar-refractivity contribution in [3.05, 3.63) is 64.2 Å². The third kappa shape index (κ3) is 3.04. The first kappa shape index (κ1) is 16.6. The van der Waals surface area contributed by atoms with Crippen molar-refractivity contribution in [2.24, 2.45) is 0 Å². The maximum absolute atomic E-state index is 6.20. The lowest BCUT2D eigenvalue weighted by Crippen LogP contribution is -2.32. The first-order chi connectivity index (χ1) is 12.8. The molecule has 0 saturated carbocycles. The molecule has 2 aliphatic heterocycles. The fourth-order valence-electron chi connectivity index (χ4n) is 5.25. The van der Waals surface area contributed by atoms with Crippen molar-refractivity contribution in [1.82, 2.24) is 4.90 Å². The fraction of sp³-hybridized carbons (Fsp3) is 0.478. The average molecular weight is 367 g/mol. The van der Waals surface area contributed by atoms with Crippen molar-refractivity contribution < 1.29 is 0 Å². The summed E-state index contributed by atoms with van der Waals surface area (Å²) in [7, 11) is 0. The molecule has 2 nitrogen and oxygen atoms in total. The molecule has 2 aromatic rings. The van der Waals surface area contributed by atoms with Crippen LogP contribution in [0.25, 0.3) is 0 Å². The first-order valence-electron chi connectivity index (χ1n) is 10.2. The van der Waals surface area contributed by atoms with Gasteiger partial charge in [-0.05, 0) is 85.5 Å². The minimum absolute atomic E-state index is 0.576. The van der Waals surface area contributed by atoms with Gasteiger partial charge in [-0.25, -0.2) is 0 Å². The molecule has 136 valence electrons. The highest BCUT2D eigenvalue weighted by molar-refractivity contribution is 6.30. The Bertz CT molecular complexity index is 797. The minimum atomic E-state index is 0.576. The molecule has 26 heavy (non-hydrogen) atoms. The van der Waals surface area contributed by atoms with Crippen LogP contribution in [0.4, 0.5) is 5.69 Å². The zero-order chi connectivity index (χ0) is 17.5. The van der Waals surface area contributed by atoms with Gasteiger partial charge >= 0.3 is 0 Å². The molecule has 0 aromatic heterocycles. The van der Waals surface area contributed by atoms with Crippen molar-refractivity contribution in [1.29, 1.82) is 0 Å². The van der Waals surface area contributed by atoms with E-state index in [9.17, 15) is 0 Å². The maximum atomic E-state index is 6.20. The van der Waals surface area contributed by atoms with Crippen molar-refractivity contribution in [2.45, 2.75) is 50.6 Å². The summed E-state index contributed by atoms with van der Waals surface area (Å²) in [6.07, 6.45) is 6.64. The van der Waals surface area contributed by atoms with Gasteiger partial charge in [-0.3, -0.25) is 4.90 Å². The molecule has 0 amide bonds. The van der Waals surface area contributed by atoms with Crippen LogP contribution < -0.4 is 4.90 Å². The van der Waals surface area contributed by atoms with Gasteiger partial charge in [-0.15, -0.1) is 0 Å². The predicted octanol–water partition coefficient (Wildman–Crippen LogP) is 5.76. The van der Waals surface area contributed by atoms with Crippen LogP contribution in [0.15, 0.2) is 42.5 Å². The second kappa shape index (κ2) is 6.90. The lowest BCUT2D eigenvalue weighted by Gasteiger charge is -2.34. The summed E-state index contributed by atoms with van der Waals surface area (Å²) in [5, 5.41) is 0.844. The highest BCUT2D eigenvalue weighted by atomic mass is 35.5. The van der Waals surface area contributed by atoms with Crippen molar-refractivity contribution in [3.8, 4) is 0 Å². The second-order valence-corrected chi connectivity index (χ2v) is 8.63. The van der Waals surface area contributed by atoms with Crippen LogP contribution in [0.3, 0.4) is 0 Å². The molecule has 3 aliphatic rings. The lowest BCUT2D eigenvalue weighted by atomic mass is 9.95. The number of likely N-dealkylation sites (tertiary alicyclic amines) is 1. The Balaban J connectivity index is 1.42. The minimum Gasteiger partial charge on any atom is -0.372 e. The molecule has 2 bridgehead atoms. The van der Waals surface area contributed by atoms with Crippen molar-refractivity contribution >= 4 is 17.3 Å². The number of hydrogen-bond acceptors (Lipinski definition) is 2. The second-order valence-electron chi connectivity index (χ2n) is 8.20. The monoisotopic (exact) mass is 366 g/mol. The average Bonchev–Trinajstić information content (AvgIpc) is 2.97. The van der Waals surface area contributed by atoms with E-state index in [1.807, 2.05) is 6.07 Å². The normalized spacial score (nSPS) is 25.3. The quantitative estimate of drug-likeness (QED) is 0.680. The zero-order valence-electron chi connectivity index (χ0n) is 15.3. The Morgan fingerprint density at radius 1 is 0.923 bits per heavy atom. The van der Waals surface area contributed by atoms with E-state index in [4.69, 9.17) is 11.6 Å². The number of anilines is 1. The molecule has 2 atom stereocenters. The van der Waals surface area contributed by atoms with Gasteiger partial charge in [0.1, 0.15) is 0 Å². The van der Waals surface area contributed by atoms with E-state index in [1.165, 1.54) is 63.0 Å². The predicted molar refractivity (Wildman–Crippen MR) is 109 cm³/mol. The van der Waals surface area contributed by atoms with E-state index in [-0.39, 0.29) is 0 Å². The summed E-state index contributed by atoms with van der Waals surface area (Å²) in [4.78, 5) is 5.27. The standard InChI is InChI=1S/C23H27ClN2/c24-19-6-4-5-17(13-19)16-26-12-9-18-14-23(26)22-15-20(7-8-21(18)22)25-10-2-1-3-11-25/h4-8,13,15,18,23H,1-3,9-12,14,16H2/t18-,23?/m1/s1. The maximum Gasteiger partial charge on any atom is 0.0409 e. The van der Waals surface area contributed by atoms with Gasteiger partial charge in [0.15, 0.2) is 0 Å². The molecule has 1 unspecified atom stereocenters. The first-order valence-corrected chi connectivity index (χ1v) is 10.5. The summed E-state index contributed by atoms with van der Waals surface area (Å²) >= 11 is 6.20. The SMILES string of the molecule is Clc1cccc(CN2CC[C@@H]3CC2c2cc(N4CCCCC4)ccc23)c1. The Morgan fingerprint density at radius 2 is 1.81 bits per heavy atom. The number of halogens is 1. The summed E-state index contributed by atoms with van der Waals surface area (Å²) in [6.45, 7) is 4.64. The molecular formula is C23H27ClN2. The van der Waals surface area contributed by atoms with Crippen LogP contribution in [0.5, 0.6) is 0 Å². The largest absolute Gasteiger partial charge is 0.372 e. The summed E-state index contributed by atoms with van der Waals surface area (Å²) in [5.74, 6) is 0.765. The van der Waals surface area contributed by atoms with Gasteiger partial charge in [0.2, 0.25) is 0 Å². The van der Waals surface area contributed by atoms with Crippen molar-refractivity contribution in [2.75, 3.05) is 24.5 Å². The smallest absolute Gasteiger partial charge is 0.0409 e. The Morgan fingerprint density at radius 3 is 2.65 bits per heavy atom. The molecule has 2 saturated heterocycles. The third-order valence-corrected chi connectivity index (χ3v) is 6.81. The van der Waals surface area contributed by atoms with Gasteiger partial charge in [0.05, 0.1) is 0 Å². The van der Waals surface area contributed by atoms with Crippen molar-refractivity contribution in [3.63, 3.8) is 0 Å². The molecule has 0 spiro atoms. The van der Waals surface area contributed by atoms with Gasteiger partial charge in [-0.1, -0.05) is 29.8 Å². The number of benzene rings is 2.